The van der Waals surface area contributed by atoms with Gasteiger partial charge < -0.3 is 29.5 Å². The Kier molecular flexibility index (Phi) is 4.01. The molecule has 1 heterocycles. The molecule has 8 heteroatoms. The van der Waals surface area contributed by atoms with Gasteiger partial charge >= 0.3 is 11.9 Å². The molecule has 18 heavy (non-hydrogen) atoms. The van der Waals surface area contributed by atoms with E-state index in [1.165, 1.54) is 0 Å². The molecule has 0 aliphatic carbocycles. The summed E-state index contributed by atoms with van der Waals surface area (Å²) in [4.78, 5) is 22.0. The summed E-state index contributed by atoms with van der Waals surface area (Å²) in [7, 11) is 0. The number of esters is 2. The van der Waals surface area contributed by atoms with E-state index in [0.29, 0.717) is 0 Å². The molecular formula is C10H16O8. The minimum atomic E-state index is -1.71. The Morgan fingerprint density at radius 2 is 1.83 bits per heavy atom. The SMILES string of the molecule is [2H]CC(=O)OC1O[C@H](CO)[C@@H](OC(=O)C[2H])[C@H](O)[C@@H]1O. The van der Waals surface area contributed by atoms with Crippen molar-refractivity contribution in [3.63, 3.8) is 0 Å². The Hall–Kier alpha value is -1.22. The van der Waals surface area contributed by atoms with E-state index in [2.05, 4.69) is 4.74 Å². The van der Waals surface area contributed by atoms with Crippen molar-refractivity contribution in [2.45, 2.75) is 44.5 Å². The molecule has 0 amide bonds. The van der Waals surface area contributed by atoms with Crippen molar-refractivity contribution in [3.05, 3.63) is 0 Å². The van der Waals surface area contributed by atoms with Crippen LogP contribution in [0, 0.1) is 0 Å². The molecule has 1 unspecified atom stereocenters. The zero-order chi connectivity index (χ0) is 15.3. The van der Waals surface area contributed by atoms with Crippen molar-refractivity contribution in [1.29, 1.82) is 0 Å². The number of aliphatic hydroxyl groups excluding tert-OH is 3. The quantitative estimate of drug-likeness (QED) is 0.497. The van der Waals surface area contributed by atoms with E-state index in [-0.39, 0.29) is 0 Å². The van der Waals surface area contributed by atoms with E-state index in [1.807, 2.05) is 0 Å². The van der Waals surface area contributed by atoms with Crippen LogP contribution in [-0.2, 0) is 23.8 Å². The monoisotopic (exact) mass is 266 g/mol. The summed E-state index contributed by atoms with van der Waals surface area (Å²) >= 11 is 0. The first-order chi connectivity index (χ1) is 9.44. The van der Waals surface area contributed by atoms with Crippen molar-refractivity contribution in [2.24, 2.45) is 0 Å². The number of hydrogen-bond donors (Lipinski definition) is 3. The van der Waals surface area contributed by atoms with Crippen LogP contribution in [0.3, 0.4) is 0 Å². The average molecular weight is 266 g/mol. The molecule has 0 aromatic heterocycles. The van der Waals surface area contributed by atoms with Gasteiger partial charge in [-0.05, 0) is 0 Å². The lowest BCUT2D eigenvalue weighted by molar-refractivity contribution is -0.294. The van der Waals surface area contributed by atoms with Crippen LogP contribution in [0.25, 0.3) is 0 Å². The molecule has 1 aliphatic heterocycles. The summed E-state index contributed by atoms with van der Waals surface area (Å²) in [6, 6.07) is 0. The Morgan fingerprint density at radius 3 is 2.39 bits per heavy atom. The molecule has 1 fully saturated rings. The van der Waals surface area contributed by atoms with Crippen molar-refractivity contribution in [3.8, 4) is 0 Å². The largest absolute Gasteiger partial charge is 0.457 e. The topological polar surface area (TPSA) is 123 Å². The molecular weight excluding hydrogens is 248 g/mol. The third-order valence-corrected chi connectivity index (χ3v) is 2.34. The highest BCUT2D eigenvalue weighted by Crippen LogP contribution is 2.24. The molecule has 0 radical (unpaired) electrons. The summed E-state index contributed by atoms with van der Waals surface area (Å²) in [6.45, 7) is -2.08. The zero-order valence-corrected chi connectivity index (χ0v) is 9.39. The van der Waals surface area contributed by atoms with Crippen molar-refractivity contribution in [2.75, 3.05) is 6.61 Å². The third-order valence-electron chi connectivity index (χ3n) is 2.34. The van der Waals surface area contributed by atoms with Crippen molar-refractivity contribution >= 4 is 11.9 Å². The van der Waals surface area contributed by atoms with Crippen molar-refractivity contribution < 1.29 is 41.9 Å². The van der Waals surface area contributed by atoms with Gasteiger partial charge in [-0.15, -0.1) is 0 Å². The highest BCUT2D eigenvalue weighted by Gasteiger charge is 2.47. The Bertz CT molecular complexity index is 350. The van der Waals surface area contributed by atoms with E-state index in [0.717, 1.165) is 0 Å². The van der Waals surface area contributed by atoms with Gasteiger partial charge in [0, 0.05) is 16.5 Å². The van der Waals surface area contributed by atoms with Crippen LogP contribution in [-0.4, -0.2) is 64.6 Å². The van der Waals surface area contributed by atoms with Crippen molar-refractivity contribution in [1.82, 2.24) is 0 Å². The van der Waals surface area contributed by atoms with Gasteiger partial charge in [-0.2, -0.15) is 0 Å². The summed E-state index contributed by atoms with van der Waals surface area (Å²) in [5.41, 5.74) is 0. The van der Waals surface area contributed by atoms with Gasteiger partial charge in [-0.1, -0.05) is 0 Å². The number of aliphatic hydroxyl groups is 3. The van der Waals surface area contributed by atoms with Gasteiger partial charge in [-0.25, -0.2) is 0 Å². The number of hydrogen-bond acceptors (Lipinski definition) is 8. The second kappa shape index (κ2) is 6.10. The van der Waals surface area contributed by atoms with Gasteiger partial charge in [0.05, 0.1) is 6.61 Å². The standard InChI is InChI=1S/C10H16O8/c1-4(12)16-9-6(3-11)18-10(17-5(2)13)8(15)7(9)14/h6-11,14-15H,3H2,1-2H3/t6-,7-,8+,9-,10?/m1/s1/i1D,2D. The fourth-order valence-electron chi connectivity index (χ4n) is 1.58. The number of carbonyl (C=O) groups excluding carboxylic acids is 2. The molecule has 1 aliphatic rings. The summed E-state index contributed by atoms with van der Waals surface area (Å²) in [5, 5.41) is 28.7. The first-order valence-electron chi connectivity index (χ1n) is 6.45. The van der Waals surface area contributed by atoms with Gasteiger partial charge in [-0.3, -0.25) is 9.59 Å². The van der Waals surface area contributed by atoms with Gasteiger partial charge in [0.15, 0.2) is 6.10 Å². The van der Waals surface area contributed by atoms with Crippen LogP contribution >= 0.6 is 0 Å². The molecule has 1 saturated heterocycles. The zero-order valence-electron chi connectivity index (χ0n) is 11.4. The summed E-state index contributed by atoms with van der Waals surface area (Å²) in [6.07, 6.45) is -7.58. The molecule has 1 rings (SSSR count). The Labute approximate surface area is 106 Å². The summed E-state index contributed by atoms with van der Waals surface area (Å²) in [5.74, 6) is -1.95. The second-order valence-corrected chi connectivity index (χ2v) is 3.65. The average Bonchev–Trinajstić information content (AvgIpc) is 2.46. The molecule has 0 saturated carbocycles. The van der Waals surface area contributed by atoms with E-state index in [1.54, 1.807) is 0 Å². The van der Waals surface area contributed by atoms with Gasteiger partial charge in [0.25, 0.3) is 0 Å². The maximum absolute atomic E-state index is 11.0. The second-order valence-electron chi connectivity index (χ2n) is 3.65. The summed E-state index contributed by atoms with van der Waals surface area (Å²) < 4.78 is 27.9. The molecule has 0 spiro atoms. The normalized spacial score (nSPS) is 37.4. The third kappa shape index (κ3) is 3.39. The van der Waals surface area contributed by atoms with Crippen LogP contribution in [0.2, 0.25) is 0 Å². The van der Waals surface area contributed by atoms with Crippen LogP contribution in [0.1, 0.15) is 16.5 Å². The highest BCUT2D eigenvalue weighted by molar-refractivity contribution is 5.66. The fraction of sp³-hybridized carbons (Fsp3) is 0.800. The lowest BCUT2D eigenvalue weighted by Gasteiger charge is -2.40. The first-order valence-corrected chi connectivity index (χ1v) is 5.04. The molecule has 104 valence electrons. The maximum Gasteiger partial charge on any atom is 0.305 e. The smallest absolute Gasteiger partial charge is 0.305 e. The predicted molar refractivity (Wildman–Crippen MR) is 55.1 cm³/mol. The van der Waals surface area contributed by atoms with Crippen LogP contribution in [0.4, 0.5) is 0 Å². The minimum Gasteiger partial charge on any atom is -0.457 e. The Balaban J connectivity index is 2.78. The molecule has 8 nitrogen and oxygen atoms in total. The number of carbonyl (C=O) groups is 2. The van der Waals surface area contributed by atoms with E-state index in [4.69, 9.17) is 17.3 Å². The first kappa shape index (κ1) is 11.8. The fourth-order valence-corrected chi connectivity index (χ4v) is 1.58. The van der Waals surface area contributed by atoms with E-state index < -0.39 is 63.1 Å². The Morgan fingerprint density at radius 1 is 1.22 bits per heavy atom. The maximum atomic E-state index is 11.0. The molecule has 0 aromatic rings. The molecule has 0 bridgehead atoms. The van der Waals surface area contributed by atoms with E-state index in [9.17, 15) is 19.8 Å². The highest BCUT2D eigenvalue weighted by atomic mass is 16.7. The van der Waals surface area contributed by atoms with Crippen LogP contribution in [0.5, 0.6) is 0 Å². The minimum absolute atomic E-state index is 0.672. The molecule has 3 N–H and O–H groups in total. The van der Waals surface area contributed by atoms with E-state index >= 15 is 0 Å². The lowest BCUT2D eigenvalue weighted by Crippen LogP contribution is -2.60. The van der Waals surface area contributed by atoms with Crippen LogP contribution < -0.4 is 0 Å². The number of ether oxygens (including phenoxy) is 3. The predicted octanol–water partition coefficient (Wildman–Crippen LogP) is -2.08. The van der Waals surface area contributed by atoms with Gasteiger partial charge in [0.2, 0.25) is 6.29 Å². The lowest BCUT2D eigenvalue weighted by atomic mass is 9.99. The van der Waals surface area contributed by atoms with Gasteiger partial charge in [0.1, 0.15) is 18.3 Å². The van der Waals surface area contributed by atoms with Crippen LogP contribution in [0.15, 0.2) is 0 Å². The molecule has 0 aromatic carbocycles. The number of rotatable bonds is 3. The molecule has 5 atom stereocenters.